The van der Waals surface area contributed by atoms with E-state index in [1.165, 1.54) is 0 Å². The van der Waals surface area contributed by atoms with Crippen molar-refractivity contribution >= 4 is 22.6 Å². The number of aryl methyl sites for hydroxylation is 2. The van der Waals surface area contributed by atoms with Gasteiger partial charge >= 0.3 is 6.18 Å². The summed E-state index contributed by atoms with van der Waals surface area (Å²) < 4.78 is 41.0. The van der Waals surface area contributed by atoms with Gasteiger partial charge in [0.15, 0.2) is 0 Å². The predicted octanol–water partition coefficient (Wildman–Crippen LogP) is 4.27. The fourth-order valence-electron chi connectivity index (χ4n) is 3.45. The monoisotopic (exact) mass is 402 g/mol. The van der Waals surface area contributed by atoms with E-state index in [0.717, 1.165) is 27.7 Å². The Morgan fingerprint density at radius 2 is 2.07 bits per heavy atom. The number of anilines is 1. The third kappa shape index (κ3) is 3.45. The maximum absolute atomic E-state index is 13.1. The van der Waals surface area contributed by atoms with Gasteiger partial charge in [-0.2, -0.15) is 13.2 Å². The van der Waals surface area contributed by atoms with Gasteiger partial charge in [-0.3, -0.25) is 0 Å². The van der Waals surface area contributed by atoms with E-state index in [1.807, 2.05) is 45.2 Å². The molecule has 4 rings (SSSR count). The largest absolute Gasteiger partial charge is 0.396 e. The van der Waals surface area contributed by atoms with Crippen LogP contribution in [0.5, 0.6) is 0 Å². The highest BCUT2D eigenvalue weighted by Crippen LogP contribution is 2.57. The second-order valence-corrected chi connectivity index (χ2v) is 7.44. The van der Waals surface area contributed by atoms with Gasteiger partial charge in [-0.1, -0.05) is 17.4 Å². The zero-order valence-electron chi connectivity index (χ0n) is 16.4. The van der Waals surface area contributed by atoms with Crippen LogP contribution in [0, 0.1) is 12.3 Å². The van der Waals surface area contributed by atoms with Crippen molar-refractivity contribution < 1.29 is 13.2 Å². The Hall–Kier alpha value is -2.97. The number of alkyl halides is 3. The SMILES string of the molecule is C/C=C(/c1ccc2nnn(C)c2c1)c1cnc(NCC2(C(F)(F)F)CC2)nc1C. The Bertz CT molecular complexity index is 1100. The van der Waals surface area contributed by atoms with E-state index >= 15 is 0 Å². The van der Waals surface area contributed by atoms with E-state index in [4.69, 9.17) is 0 Å². The van der Waals surface area contributed by atoms with E-state index in [0.29, 0.717) is 5.69 Å². The summed E-state index contributed by atoms with van der Waals surface area (Å²) in [7, 11) is 1.83. The van der Waals surface area contributed by atoms with E-state index in [-0.39, 0.29) is 25.3 Å². The van der Waals surface area contributed by atoms with E-state index < -0.39 is 11.6 Å². The van der Waals surface area contributed by atoms with Crippen molar-refractivity contribution in [2.24, 2.45) is 12.5 Å². The van der Waals surface area contributed by atoms with Gasteiger partial charge in [0.1, 0.15) is 5.52 Å². The lowest BCUT2D eigenvalue weighted by Gasteiger charge is -2.19. The van der Waals surface area contributed by atoms with Crippen LogP contribution in [-0.2, 0) is 7.05 Å². The van der Waals surface area contributed by atoms with Crippen molar-refractivity contribution in [3.05, 3.63) is 47.3 Å². The van der Waals surface area contributed by atoms with E-state index in [1.54, 1.807) is 10.9 Å². The first kappa shape index (κ1) is 19.4. The summed E-state index contributed by atoms with van der Waals surface area (Å²) in [6, 6.07) is 5.86. The summed E-state index contributed by atoms with van der Waals surface area (Å²) in [5.41, 5.74) is 3.49. The molecule has 2 aromatic heterocycles. The molecule has 1 aliphatic rings. The summed E-state index contributed by atoms with van der Waals surface area (Å²) in [6.45, 7) is 3.55. The lowest BCUT2D eigenvalue weighted by Crippen LogP contribution is -2.31. The molecule has 1 saturated carbocycles. The van der Waals surface area contributed by atoms with Gasteiger partial charge in [0.2, 0.25) is 5.95 Å². The van der Waals surface area contributed by atoms with Gasteiger partial charge in [0.05, 0.1) is 16.6 Å². The van der Waals surface area contributed by atoms with E-state index in [2.05, 4.69) is 25.6 Å². The van der Waals surface area contributed by atoms with Gasteiger partial charge < -0.3 is 5.32 Å². The molecule has 6 nitrogen and oxygen atoms in total. The third-order valence-corrected chi connectivity index (χ3v) is 5.52. The fraction of sp³-hybridized carbons (Fsp3) is 0.400. The van der Waals surface area contributed by atoms with Crippen LogP contribution in [-0.4, -0.2) is 37.7 Å². The Kier molecular flexibility index (Phi) is 4.55. The number of rotatable bonds is 5. The maximum atomic E-state index is 13.1. The van der Waals surface area contributed by atoms with Gasteiger partial charge in [0.25, 0.3) is 0 Å². The molecule has 0 unspecified atom stereocenters. The molecule has 29 heavy (non-hydrogen) atoms. The van der Waals surface area contributed by atoms with E-state index in [9.17, 15) is 13.2 Å². The summed E-state index contributed by atoms with van der Waals surface area (Å²) in [4.78, 5) is 8.65. The summed E-state index contributed by atoms with van der Waals surface area (Å²) in [5.74, 6) is 0.212. The zero-order valence-corrected chi connectivity index (χ0v) is 16.4. The molecule has 0 bridgehead atoms. The topological polar surface area (TPSA) is 68.5 Å². The quantitative estimate of drug-likeness (QED) is 0.690. The Balaban J connectivity index is 1.58. The van der Waals surface area contributed by atoms with Crippen molar-refractivity contribution in [2.45, 2.75) is 32.9 Å². The highest BCUT2D eigenvalue weighted by atomic mass is 19.4. The van der Waals surface area contributed by atoms with Crippen molar-refractivity contribution in [2.75, 3.05) is 11.9 Å². The molecule has 152 valence electrons. The van der Waals surface area contributed by atoms with Gasteiger partial charge in [-0.15, -0.1) is 5.10 Å². The average molecular weight is 402 g/mol. The van der Waals surface area contributed by atoms with Crippen LogP contribution < -0.4 is 5.32 Å². The molecular formula is C20H21F3N6. The number of aromatic nitrogens is 5. The number of nitrogens with one attached hydrogen (secondary N) is 1. The van der Waals surface area contributed by atoms with Crippen molar-refractivity contribution in [3.63, 3.8) is 0 Å². The minimum absolute atomic E-state index is 0.147. The van der Waals surface area contributed by atoms with Crippen LogP contribution in [0.2, 0.25) is 0 Å². The van der Waals surface area contributed by atoms with Crippen LogP contribution in [0.25, 0.3) is 16.6 Å². The molecule has 0 atom stereocenters. The van der Waals surface area contributed by atoms with Crippen molar-refractivity contribution in [3.8, 4) is 0 Å². The molecule has 9 heteroatoms. The highest BCUT2D eigenvalue weighted by molar-refractivity contribution is 5.86. The number of halogens is 3. The molecule has 2 heterocycles. The first-order chi connectivity index (χ1) is 13.7. The standard InChI is InChI=1S/C20H21F3N6/c1-4-14(13-5-6-16-17(9-13)29(3)28-27-16)15-10-24-18(26-12(15)2)25-11-19(7-8-19)20(21,22)23/h4-6,9-10H,7-8,11H2,1-3H3,(H,24,25,26)/b14-4-. The van der Waals surface area contributed by atoms with Crippen LogP contribution in [0.4, 0.5) is 19.1 Å². The maximum Gasteiger partial charge on any atom is 0.396 e. The molecule has 1 fully saturated rings. The average Bonchev–Trinajstić information content (AvgIpc) is 3.40. The second kappa shape index (κ2) is 6.82. The number of hydrogen-bond donors (Lipinski definition) is 1. The molecule has 0 spiro atoms. The van der Waals surface area contributed by atoms with Crippen LogP contribution in [0.1, 0.15) is 36.6 Å². The summed E-state index contributed by atoms with van der Waals surface area (Å²) in [5, 5.41) is 10.9. The Labute approximate surface area is 165 Å². The normalized spacial score (nSPS) is 16.3. The molecule has 1 aliphatic carbocycles. The predicted molar refractivity (Wildman–Crippen MR) is 104 cm³/mol. The molecular weight excluding hydrogens is 381 g/mol. The highest BCUT2D eigenvalue weighted by Gasteiger charge is 2.62. The molecule has 0 amide bonds. The number of fused-ring (bicyclic) bond motifs is 1. The molecule has 3 aromatic rings. The fourth-order valence-corrected chi connectivity index (χ4v) is 3.45. The number of allylic oxidation sites excluding steroid dienone is 1. The van der Waals surface area contributed by atoms with Crippen LogP contribution >= 0.6 is 0 Å². The smallest absolute Gasteiger partial charge is 0.353 e. The molecule has 1 N–H and O–H groups in total. The number of nitrogens with zero attached hydrogens (tertiary/aromatic N) is 5. The molecule has 0 radical (unpaired) electrons. The first-order valence-electron chi connectivity index (χ1n) is 9.35. The molecule has 1 aromatic carbocycles. The van der Waals surface area contributed by atoms with Crippen molar-refractivity contribution in [1.82, 2.24) is 25.0 Å². The third-order valence-electron chi connectivity index (χ3n) is 5.52. The van der Waals surface area contributed by atoms with Gasteiger partial charge in [0, 0.05) is 25.4 Å². The summed E-state index contributed by atoms with van der Waals surface area (Å²) in [6.07, 6.45) is -0.291. The second-order valence-electron chi connectivity index (χ2n) is 7.44. The summed E-state index contributed by atoms with van der Waals surface area (Å²) >= 11 is 0. The minimum atomic E-state index is -4.20. The molecule has 0 saturated heterocycles. The van der Waals surface area contributed by atoms with Gasteiger partial charge in [-0.05, 0) is 50.0 Å². The zero-order chi connectivity index (χ0) is 20.8. The first-order valence-corrected chi connectivity index (χ1v) is 9.35. The Morgan fingerprint density at radius 1 is 1.31 bits per heavy atom. The lowest BCUT2D eigenvalue weighted by atomic mass is 9.97. The van der Waals surface area contributed by atoms with Gasteiger partial charge in [-0.25, -0.2) is 14.6 Å². The van der Waals surface area contributed by atoms with Crippen LogP contribution in [0.15, 0.2) is 30.5 Å². The molecule has 0 aliphatic heterocycles. The minimum Gasteiger partial charge on any atom is -0.353 e. The number of benzene rings is 1. The lowest BCUT2D eigenvalue weighted by molar-refractivity contribution is -0.182. The number of hydrogen-bond acceptors (Lipinski definition) is 5. The van der Waals surface area contributed by atoms with Crippen molar-refractivity contribution in [1.29, 1.82) is 0 Å². The Morgan fingerprint density at radius 3 is 2.69 bits per heavy atom. The van der Waals surface area contributed by atoms with Crippen LogP contribution in [0.3, 0.4) is 0 Å².